The standard InChI is InChI=1S/C15H8FN3/c1-17-12-6-7-13-14(8-12)18-9-19-15(13)10-2-4-11(16)5-3-10/h2-9H. The lowest BCUT2D eigenvalue weighted by atomic mass is 10.1. The van der Waals surface area contributed by atoms with E-state index in [1.54, 1.807) is 24.3 Å². The molecule has 3 nitrogen and oxygen atoms in total. The lowest BCUT2D eigenvalue weighted by Crippen LogP contribution is -1.88. The van der Waals surface area contributed by atoms with Crippen LogP contribution in [0.1, 0.15) is 0 Å². The molecule has 3 aromatic rings. The minimum atomic E-state index is -0.280. The zero-order chi connectivity index (χ0) is 13.2. The summed E-state index contributed by atoms with van der Waals surface area (Å²) in [6.07, 6.45) is 1.45. The molecule has 4 heteroatoms. The third-order valence-corrected chi connectivity index (χ3v) is 2.87. The van der Waals surface area contributed by atoms with Gasteiger partial charge in [-0.25, -0.2) is 19.2 Å². The number of nitrogens with zero attached hydrogens (tertiary/aromatic N) is 3. The van der Waals surface area contributed by atoms with Gasteiger partial charge in [-0.15, -0.1) is 0 Å². The van der Waals surface area contributed by atoms with Gasteiger partial charge in [-0.1, -0.05) is 12.1 Å². The van der Waals surface area contributed by atoms with Crippen molar-refractivity contribution in [1.82, 2.24) is 9.97 Å². The monoisotopic (exact) mass is 249 g/mol. The van der Waals surface area contributed by atoms with Crippen LogP contribution in [0, 0.1) is 12.4 Å². The van der Waals surface area contributed by atoms with Crippen LogP contribution in [0.4, 0.5) is 10.1 Å². The minimum absolute atomic E-state index is 0.280. The summed E-state index contributed by atoms with van der Waals surface area (Å²) < 4.78 is 12.9. The molecular formula is C15H8FN3. The van der Waals surface area contributed by atoms with Crippen molar-refractivity contribution in [3.63, 3.8) is 0 Å². The Balaban J connectivity index is 2.24. The van der Waals surface area contributed by atoms with Crippen LogP contribution in [-0.2, 0) is 0 Å². The van der Waals surface area contributed by atoms with E-state index in [0.29, 0.717) is 11.2 Å². The third-order valence-electron chi connectivity index (χ3n) is 2.87. The van der Waals surface area contributed by atoms with Gasteiger partial charge in [0, 0.05) is 10.9 Å². The van der Waals surface area contributed by atoms with Crippen molar-refractivity contribution in [2.45, 2.75) is 0 Å². The molecule has 1 aromatic heterocycles. The molecule has 0 aliphatic rings. The second kappa shape index (κ2) is 4.46. The number of halogens is 1. The van der Waals surface area contributed by atoms with E-state index in [-0.39, 0.29) is 5.82 Å². The number of rotatable bonds is 1. The van der Waals surface area contributed by atoms with E-state index in [2.05, 4.69) is 14.8 Å². The second-order valence-electron chi connectivity index (χ2n) is 4.04. The summed E-state index contributed by atoms with van der Waals surface area (Å²) in [4.78, 5) is 11.8. The fourth-order valence-corrected chi connectivity index (χ4v) is 1.95. The van der Waals surface area contributed by atoms with E-state index >= 15 is 0 Å². The maximum Gasteiger partial charge on any atom is 0.189 e. The largest absolute Gasteiger partial charge is 0.238 e. The smallest absolute Gasteiger partial charge is 0.189 e. The summed E-state index contributed by atoms with van der Waals surface area (Å²) in [7, 11) is 0. The molecule has 0 aliphatic heterocycles. The normalized spacial score (nSPS) is 10.3. The fraction of sp³-hybridized carbons (Fsp3) is 0. The average Bonchev–Trinajstić information content (AvgIpc) is 2.47. The Kier molecular flexibility index (Phi) is 2.66. The van der Waals surface area contributed by atoms with Crippen molar-refractivity contribution in [2.75, 3.05) is 0 Å². The van der Waals surface area contributed by atoms with Gasteiger partial charge in [-0.2, -0.15) is 0 Å². The Morgan fingerprint density at radius 2 is 1.79 bits per heavy atom. The number of hydrogen-bond acceptors (Lipinski definition) is 2. The highest BCUT2D eigenvalue weighted by atomic mass is 19.1. The summed E-state index contributed by atoms with van der Waals surface area (Å²) >= 11 is 0. The van der Waals surface area contributed by atoms with Gasteiger partial charge in [-0.3, -0.25) is 0 Å². The van der Waals surface area contributed by atoms with E-state index in [9.17, 15) is 4.39 Å². The molecule has 0 spiro atoms. The Morgan fingerprint density at radius 3 is 2.53 bits per heavy atom. The summed E-state index contributed by atoms with van der Waals surface area (Å²) in [6, 6.07) is 11.4. The first-order chi connectivity index (χ1) is 9.28. The van der Waals surface area contributed by atoms with Crippen LogP contribution in [0.2, 0.25) is 0 Å². The van der Waals surface area contributed by atoms with Crippen molar-refractivity contribution in [3.8, 4) is 11.3 Å². The number of aromatic nitrogens is 2. The predicted octanol–water partition coefficient (Wildman–Crippen LogP) is 3.99. The fourth-order valence-electron chi connectivity index (χ4n) is 1.95. The number of fused-ring (bicyclic) bond motifs is 1. The van der Waals surface area contributed by atoms with E-state index in [1.165, 1.54) is 18.5 Å². The van der Waals surface area contributed by atoms with Crippen molar-refractivity contribution in [1.29, 1.82) is 0 Å². The molecule has 0 unspecified atom stereocenters. The molecule has 0 saturated carbocycles. The summed E-state index contributed by atoms with van der Waals surface area (Å²) in [5, 5.41) is 0.849. The van der Waals surface area contributed by atoms with Crippen LogP contribution >= 0.6 is 0 Å². The Bertz CT molecular complexity index is 789. The van der Waals surface area contributed by atoms with E-state index < -0.39 is 0 Å². The van der Waals surface area contributed by atoms with Crippen molar-refractivity contribution >= 4 is 16.6 Å². The molecule has 0 bridgehead atoms. The van der Waals surface area contributed by atoms with Crippen LogP contribution < -0.4 is 0 Å². The average molecular weight is 249 g/mol. The van der Waals surface area contributed by atoms with E-state index in [4.69, 9.17) is 6.57 Å². The first-order valence-corrected chi connectivity index (χ1v) is 5.66. The van der Waals surface area contributed by atoms with Crippen LogP contribution in [0.3, 0.4) is 0 Å². The first kappa shape index (κ1) is 11.3. The van der Waals surface area contributed by atoms with Gasteiger partial charge >= 0.3 is 0 Å². The molecule has 1 heterocycles. The molecule has 0 atom stereocenters. The number of hydrogen-bond donors (Lipinski definition) is 0. The quantitative estimate of drug-likeness (QED) is 0.610. The Hall–Kier alpha value is -2.80. The Morgan fingerprint density at radius 1 is 1.00 bits per heavy atom. The molecule has 0 aliphatic carbocycles. The van der Waals surface area contributed by atoms with Gasteiger partial charge in [0.05, 0.1) is 17.8 Å². The SMILES string of the molecule is [C-]#[N+]c1ccc2c(-c3ccc(F)cc3)ncnc2c1. The van der Waals surface area contributed by atoms with Crippen LogP contribution in [0.25, 0.3) is 27.0 Å². The van der Waals surface area contributed by atoms with E-state index in [1.807, 2.05) is 6.07 Å². The van der Waals surface area contributed by atoms with Crippen LogP contribution in [-0.4, -0.2) is 9.97 Å². The van der Waals surface area contributed by atoms with Gasteiger partial charge in [-0.05, 0) is 30.3 Å². The highest BCUT2D eigenvalue weighted by Gasteiger charge is 2.07. The topological polar surface area (TPSA) is 30.1 Å². The summed E-state index contributed by atoms with van der Waals surface area (Å²) in [6.45, 7) is 7.00. The molecule has 90 valence electrons. The molecule has 0 amide bonds. The molecule has 2 aromatic carbocycles. The van der Waals surface area contributed by atoms with Crippen molar-refractivity contribution in [3.05, 3.63) is 66.0 Å². The number of benzene rings is 2. The van der Waals surface area contributed by atoms with Crippen molar-refractivity contribution < 1.29 is 4.39 Å². The van der Waals surface area contributed by atoms with Gasteiger partial charge in [0.2, 0.25) is 0 Å². The zero-order valence-corrected chi connectivity index (χ0v) is 9.84. The zero-order valence-electron chi connectivity index (χ0n) is 9.84. The first-order valence-electron chi connectivity index (χ1n) is 5.66. The predicted molar refractivity (Wildman–Crippen MR) is 71.2 cm³/mol. The summed E-state index contributed by atoms with van der Waals surface area (Å²) in [5.41, 5.74) is 2.81. The highest BCUT2D eigenvalue weighted by Crippen LogP contribution is 2.27. The summed E-state index contributed by atoms with van der Waals surface area (Å²) in [5.74, 6) is -0.280. The lowest BCUT2D eigenvalue weighted by Gasteiger charge is -2.05. The van der Waals surface area contributed by atoms with Gasteiger partial charge in [0.25, 0.3) is 0 Å². The second-order valence-corrected chi connectivity index (χ2v) is 4.04. The van der Waals surface area contributed by atoms with Gasteiger partial charge < -0.3 is 0 Å². The molecule has 0 fully saturated rings. The molecule has 0 radical (unpaired) electrons. The van der Waals surface area contributed by atoms with Gasteiger partial charge in [0.15, 0.2) is 5.69 Å². The minimum Gasteiger partial charge on any atom is -0.238 e. The molecule has 0 N–H and O–H groups in total. The lowest BCUT2D eigenvalue weighted by molar-refractivity contribution is 0.628. The van der Waals surface area contributed by atoms with E-state index in [0.717, 1.165) is 16.6 Å². The van der Waals surface area contributed by atoms with Crippen LogP contribution in [0.15, 0.2) is 48.8 Å². The third kappa shape index (κ3) is 2.02. The highest BCUT2D eigenvalue weighted by molar-refractivity contribution is 5.93. The molecular weight excluding hydrogens is 241 g/mol. The van der Waals surface area contributed by atoms with Gasteiger partial charge in [0.1, 0.15) is 12.1 Å². The molecule has 0 saturated heterocycles. The molecule has 19 heavy (non-hydrogen) atoms. The maximum absolute atomic E-state index is 12.9. The Labute approximate surface area is 109 Å². The van der Waals surface area contributed by atoms with Crippen molar-refractivity contribution in [2.24, 2.45) is 0 Å². The molecule has 3 rings (SSSR count). The van der Waals surface area contributed by atoms with Crippen LogP contribution in [0.5, 0.6) is 0 Å². The maximum atomic E-state index is 12.9.